The maximum Gasteiger partial charge on any atom is 0.220 e. The number of nitrogens with zero attached hydrogens (tertiary/aromatic N) is 2. The van der Waals surface area contributed by atoms with E-state index in [1.54, 1.807) is 12.5 Å². The van der Waals surface area contributed by atoms with Crippen LogP contribution >= 0.6 is 0 Å². The second-order valence-corrected chi connectivity index (χ2v) is 7.89. The van der Waals surface area contributed by atoms with Crippen molar-refractivity contribution in [3.8, 4) is 0 Å². The number of hydrogen-bond acceptors (Lipinski definition) is 4. The molecule has 1 unspecified atom stereocenters. The van der Waals surface area contributed by atoms with E-state index in [1.807, 2.05) is 41.2 Å². The van der Waals surface area contributed by atoms with Crippen LogP contribution in [0.5, 0.6) is 0 Å². The number of carbonyl (C=O) groups excluding carboxylic acids is 2. The highest BCUT2D eigenvalue weighted by Gasteiger charge is 2.38. The smallest absolute Gasteiger partial charge is 0.220 e. The molecule has 1 atom stereocenters. The SMILES string of the molecule is O=C(CCC1(Cc2ccco2)CCC(=O)N1)NCc1cnn(Cc2ccccc2)c1. The van der Waals surface area contributed by atoms with Crippen LogP contribution in [0.2, 0.25) is 0 Å². The molecule has 0 saturated carbocycles. The zero-order valence-electron chi connectivity index (χ0n) is 16.8. The Labute approximate surface area is 175 Å². The Kier molecular flexibility index (Phi) is 5.97. The number of nitrogens with one attached hydrogen (secondary N) is 2. The third-order valence-corrected chi connectivity index (χ3v) is 5.52. The lowest BCUT2D eigenvalue weighted by Crippen LogP contribution is -2.44. The van der Waals surface area contributed by atoms with E-state index in [1.165, 1.54) is 5.56 Å². The van der Waals surface area contributed by atoms with Gasteiger partial charge in [0.05, 0.1) is 19.0 Å². The molecule has 1 fully saturated rings. The summed E-state index contributed by atoms with van der Waals surface area (Å²) in [5.74, 6) is 0.821. The molecule has 0 bridgehead atoms. The average molecular weight is 406 g/mol. The summed E-state index contributed by atoms with van der Waals surface area (Å²) in [6.45, 7) is 1.13. The quantitative estimate of drug-likeness (QED) is 0.572. The van der Waals surface area contributed by atoms with Gasteiger partial charge in [-0.3, -0.25) is 14.3 Å². The Balaban J connectivity index is 1.27. The van der Waals surface area contributed by atoms with E-state index in [0.717, 1.165) is 11.3 Å². The van der Waals surface area contributed by atoms with E-state index in [4.69, 9.17) is 4.42 Å². The fraction of sp³-hybridized carbons (Fsp3) is 0.348. The first-order valence-corrected chi connectivity index (χ1v) is 10.3. The lowest BCUT2D eigenvalue weighted by Gasteiger charge is -2.28. The summed E-state index contributed by atoms with van der Waals surface area (Å²) < 4.78 is 7.32. The number of benzene rings is 1. The van der Waals surface area contributed by atoms with Crippen LogP contribution in [0.15, 0.2) is 65.5 Å². The van der Waals surface area contributed by atoms with Crippen LogP contribution in [0, 0.1) is 0 Å². The molecule has 156 valence electrons. The first-order valence-electron chi connectivity index (χ1n) is 10.3. The predicted octanol–water partition coefficient (Wildman–Crippen LogP) is 2.81. The van der Waals surface area contributed by atoms with Gasteiger partial charge < -0.3 is 15.1 Å². The molecule has 0 radical (unpaired) electrons. The predicted molar refractivity (Wildman–Crippen MR) is 111 cm³/mol. The zero-order valence-corrected chi connectivity index (χ0v) is 16.8. The van der Waals surface area contributed by atoms with Gasteiger partial charge in [-0.05, 0) is 30.5 Å². The molecule has 1 saturated heterocycles. The second kappa shape index (κ2) is 8.98. The Hall–Kier alpha value is -3.35. The van der Waals surface area contributed by atoms with Crippen LogP contribution in [0.25, 0.3) is 0 Å². The minimum atomic E-state index is -0.410. The lowest BCUT2D eigenvalue weighted by atomic mass is 9.87. The highest BCUT2D eigenvalue weighted by atomic mass is 16.3. The molecule has 2 aromatic heterocycles. The molecule has 1 aromatic carbocycles. The first kappa shape index (κ1) is 19.9. The standard InChI is InChI=1S/C23H26N4O3/c28-21(8-10-23(11-9-22(29)26-23)13-20-7-4-12-30-20)24-14-19-15-25-27(17-19)16-18-5-2-1-3-6-18/h1-7,12,15,17H,8-11,13-14,16H2,(H,24,28)(H,26,29). The van der Waals surface area contributed by atoms with Gasteiger partial charge in [0.15, 0.2) is 0 Å². The van der Waals surface area contributed by atoms with Crippen LogP contribution in [-0.4, -0.2) is 27.1 Å². The van der Waals surface area contributed by atoms with Gasteiger partial charge in [0, 0.05) is 43.1 Å². The highest BCUT2D eigenvalue weighted by Crippen LogP contribution is 2.29. The maximum atomic E-state index is 12.4. The van der Waals surface area contributed by atoms with Gasteiger partial charge in [0.25, 0.3) is 0 Å². The summed E-state index contributed by atoms with van der Waals surface area (Å²) in [7, 11) is 0. The highest BCUT2D eigenvalue weighted by molar-refractivity contribution is 5.80. The van der Waals surface area contributed by atoms with Gasteiger partial charge in [-0.15, -0.1) is 0 Å². The van der Waals surface area contributed by atoms with Crippen molar-refractivity contribution in [2.75, 3.05) is 0 Å². The molecule has 4 rings (SSSR count). The van der Waals surface area contributed by atoms with Crippen LogP contribution in [0.4, 0.5) is 0 Å². The van der Waals surface area contributed by atoms with E-state index in [9.17, 15) is 9.59 Å². The molecule has 0 aliphatic carbocycles. The molecule has 1 aliphatic rings. The van der Waals surface area contributed by atoms with Crippen molar-refractivity contribution in [3.63, 3.8) is 0 Å². The van der Waals surface area contributed by atoms with Gasteiger partial charge >= 0.3 is 0 Å². The summed E-state index contributed by atoms with van der Waals surface area (Å²) in [6.07, 6.45) is 8.09. The molecule has 30 heavy (non-hydrogen) atoms. The van der Waals surface area contributed by atoms with Crippen molar-refractivity contribution >= 4 is 11.8 Å². The Morgan fingerprint density at radius 3 is 2.80 bits per heavy atom. The Morgan fingerprint density at radius 1 is 1.20 bits per heavy atom. The monoisotopic (exact) mass is 406 g/mol. The lowest BCUT2D eigenvalue weighted by molar-refractivity contribution is -0.122. The van der Waals surface area contributed by atoms with Crippen LogP contribution in [0.1, 0.15) is 42.6 Å². The van der Waals surface area contributed by atoms with Crippen molar-refractivity contribution < 1.29 is 14.0 Å². The van der Waals surface area contributed by atoms with Crippen molar-refractivity contribution in [3.05, 3.63) is 78.0 Å². The molecule has 0 spiro atoms. The van der Waals surface area contributed by atoms with Crippen LogP contribution in [0.3, 0.4) is 0 Å². The minimum Gasteiger partial charge on any atom is -0.469 e. The van der Waals surface area contributed by atoms with E-state index in [0.29, 0.717) is 45.2 Å². The van der Waals surface area contributed by atoms with E-state index < -0.39 is 5.54 Å². The summed E-state index contributed by atoms with van der Waals surface area (Å²) in [5, 5.41) is 10.4. The fourth-order valence-electron chi connectivity index (χ4n) is 3.93. The van der Waals surface area contributed by atoms with Gasteiger partial charge in [0.2, 0.25) is 11.8 Å². The van der Waals surface area contributed by atoms with Crippen molar-refractivity contribution in [1.29, 1.82) is 0 Å². The number of rotatable bonds is 9. The Morgan fingerprint density at radius 2 is 2.07 bits per heavy atom. The second-order valence-electron chi connectivity index (χ2n) is 7.89. The molecule has 1 aliphatic heterocycles. The molecule has 3 aromatic rings. The third kappa shape index (κ3) is 5.17. The number of aromatic nitrogens is 2. The van der Waals surface area contributed by atoms with Crippen molar-refractivity contribution in [2.24, 2.45) is 0 Å². The molecule has 2 N–H and O–H groups in total. The molecule has 2 amide bonds. The summed E-state index contributed by atoms with van der Waals surface area (Å²) in [5.41, 5.74) is 1.72. The first-order chi connectivity index (χ1) is 14.6. The van der Waals surface area contributed by atoms with Gasteiger partial charge in [-0.2, -0.15) is 5.10 Å². The van der Waals surface area contributed by atoms with E-state index in [-0.39, 0.29) is 11.8 Å². The van der Waals surface area contributed by atoms with Crippen molar-refractivity contribution in [1.82, 2.24) is 20.4 Å². The average Bonchev–Trinajstić information content (AvgIpc) is 3.49. The van der Waals surface area contributed by atoms with Gasteiger partial charge in [-0.1, -0.05) is 30.3 Å². The van der Waals surface area contributed by atoms with Gasteiger partial charge in [0.1, 0.15) is 5.76 Å². The number of furan rings is 1. The summed E-state index contributed by atoms with van der Waals surface area (Å²) in [6, 6.07) is 13.9. The molecule has 7 heteroatoms. The number of amides is 2. The molecular weight excluding hydrogens is 380 g/mol. The molecule has 3 heterocycles. The largest absolute Gasteiger partial charge is 0.469 e. The van der Waals surface area contributed by atoms with E-state index >= 15 is 0 Å². The van der Waals surface area contributed by atoms with Crippen LogP contribution < -0.4 is 10.6 Å². The maximum absolute atomic E-state index is 12.4. The zero-order chi connectivity index (χ0) is 20.8. The molecular formula is C23H26N4O3. The number of hydrogen-bond donors (Lipinski definition) is 2. The number of carbonyl (C=O) groups is 2. The topological polar surface area (TPSA) is 89.2 Å². The normalized spacial score (nSPS) is 18.3. The summed E-state index contributed by atoms with van der Waals surface area (Å²) >= 11 is 0. The molecule has 7 nitrogen and oxygen atoms in total. The minimum absolute atomic E-state index is 0.0350. The van der Waals surface area contributed by atoms with Gasteiger partial charge in [-0.25, -0.2) is 0 Å². The summed E-state index contributed by atoms with van der Waals surface area (Å²) in [4.78, 5) is 24.2. The van der Waals surface area contributed by atoms with Crippen LogP contribution in [-0.2, 0) is 29.1 Å². The Bertz CT molecular complexity index is 981. The third-order valence-electron chi connectivity index (χ3n) is 5.52. The van der Waals surface area contributed by atoms with Crippen molar-refractivity contribution in [2.45, 2.75) is 50.7 Å². The van der Waals surface area contributed by atoms with E-state index in [2.05, 4.69) is 27.9 Å². The fourth-order valence-corrected chi connectivity index (χ4v) is 3.93.